The largest absolute Gasteiger partial charge is 0.405 e. The second-order valence-corrected chi connectivity index (χ2v) is 7.24. The zero-order valence-electron chi connectivity index (χ0n) is 10.9. The molecule has 0 radical (unpaired) electrons. The van der Waals surface area contributed by atoms with Crippen LogP contribution in [0.3, 0.4) is 0 Å². The van der Waals surface area contributed by atoms with Gasteiger partial charge in [0.05, 0.1) is 0 Å². The van der Waals surface area contributed by atoms with Crippen LogP contribution in [0.1, 0.15) is 19.8 Å². The van der Waals surface area contributed by atoms with Crippen molar-refractivity contribution in [3.8, 4) is 0 Å². The summed E-state index contributed by atoms with van der Waals surface area (Å²) >= 11 is 0. The van der Waals surface area contributed by atoms with Gasteiger partial charge in [0, 0.05) is 6.42 Å². The molecule has 0 aliphatic rings. The molecule has 0 heterocycles. The van der Waals surface area contributed by atoms with Crippen molar-refractivity contribution in [2.75, 3.05) is 11.5 Å². The van der Waals surface area contributed by atoms with Gasteiger partial charge in [-0.2, -0.15) is 43.2 Å². The highest BCUT2D eigenvalue weighted by atomic mass is 32.2. The summed E-state index contributed by atoms with van der Waals surface area (Å²) in [5, 5.41) is 0. The highest BCUT2D eigenvalue weighted by Crippen LogP contribution is 2.23. The van der Waals surface area contributed by atoms with Gasteiger partial charge in [-0.3, -0.25) is 0 Å². The van der Waals surface area contributed by atoms with Gasteiger partial charge >= 0.3 is 12.4 Å². The summed E-state index contributed by atoms with van der Waals surface area (Å²) in [6, 6.07) is 0. The smallest absolute Gasteiger partial charge is 0.237 e. The molecule has 134 valence electrons. The van der Waals surface area contributed by atoms with Crippen molar-refractivity contribution in [1.82, 2.24) is 0 Å². The summed E-state index contributed by atoms with van der Waals surface area (Å²) in [6.45, 7) is 1.35. The Kier molecular flexibility index (Phi) is 7.11. The molecule has 22 heavy (non-hydrogen) atoms. The van der Waals surface area contributed by atoms with Crippen molar-refractivity contribution < 1.29 is 51.5 Å². The third-order valence-electron chi connectivity index (χ3n) is 1.71. The quantitative estimate of drug-likeness (QED) is 0.362. The Labute approximate surface area is 122 Å². The Morgan fingerprint density at radius 1 is 0.818 bits per heavy atom. The number of rotatable bonds is 8. The summed E-state index contributed by atoms with van der Waals surface area (Å²) in [4.78, 5) is 0. The molecule has 0 atom stereocenters. The van der Waals surface area contributed by atoms with Crippen LogP contribution in [0.25, 0.3) is 0 Å². The van der Waals surface area contributed by atoms with Crippen LogP contribution >= 0.6 is 0 Å². The molecule has 0 aromatic carbocycles. The average molecular weight is 382 g/mol. The molecule has 0 aliphatic carbocycles. The van der Waals surface area contributed by atoms with Gasteiger partial charge in [-0.25, -0.2) is 8.37 Å². The number of hydrogen-bond donors (Lipinski definition) is 0. The van der Waals surface area contributed by atoms with Crippen LogP contribution in [-0.4, -0.2) is 47.0 Å². The van der Waals surface area contributed by atoms with E-state index in [-0.39, 0.29) is 6.42 Å². The lowest BCUT2D eigenvalue weighted by Gasteiger charge is -2.18. The molecule has 0 aromatic heterocycles. The van der Waals surface area contributed by atoms with Crippen LogP contribution in [0.2, 0.25) is 0 Å². The Balaban J connectivity index is 5.03. The molecule has 6 nitrogen and oxygen atoms in total. The lowest BCUT2D eigenvalue weighted by Crippen LogP contribution is -2.33. The van der Waals surface area contributed by atoms with Gasteiger partial charge in [0.15, 0.2) is 17.8 Å². The SMILES string of the molecule is CCCC(OS(=O)(=O)CC(F)(F)F)OS(=O)(=O)CC(F)(F)F. The van der Waals surface area contributed by atoms with Crippen molar-refractivity contribution in [3.05, 3.63) is 0 Å². The van der Waals surface area contributed by atoms with Gasteiger partial charge in [-0.15, -0.1) is 0 Å². The highest BCUT2D eigenvalue weighted by Gasteiger charge is 2.40. The fourth-order valence-electron chi connectivity index (χ4n) is 1.14. The normalized spacial score (nSPS) is 14.5. The fraction of sp³-hybridized carbons (Fsp3) is 1.00. The predicted octanol–water partition coefficient (Wildman–Crippen LogP) is 1.93. The standard InChI is InChI=1S/C8H12F6O6S2/c1-2-3-6(19-21(15,16)4-7(9,10)11)20-22(17,18)5-8(12,13)14/h6H,2-5H2,1H3. The fourth-order valence-corrected chi connectivity index (χ4v) is 3.06. The monoisotopic (exact) mass is 382 g/mol. The summed E-state index contributed by atoms with van der Waals surface area (Å²) < 4.78 is 124. The second-order valence-electron chi connectivity index (χ2n) is 4.05. The number of alkyl halides is 6. The molecule has 0 unspecified atom stereocenters. The highest BCUT2D eigenvalue weighted by molar-refractivity contribution is 7.87. The molecule has 0 amide bonds. The Bertz CT molecular complexity index is 501. The van der Waals surface area contributed by atoms with E-state index in [0.717, 1.165) is 0 Å². The first-order chi connectivity index (χ1) is 9.55. The van der Waals surface area contributed by atoms with Crippen molar-refractivity contribution in [3.63, 3.8) is 0 Å². The first kappa shape index (κ1) is 21.4. The van der Waals surface area contributed by atoms with Crippen molar-refractivity contribution in [2.45, 2.75) is 38.4 Å². The van der Waals surface area contributed by atoms with Gasteiger partial charge in [-0.05, 0) is 0 Å². The molecule has 0 aliphatic heterocycles. The van der Waals surface area contributed by atoms with E-state index in [9.17, 15) is 43.2 Å². The van der Waals surface area contributed by atoms with Crippen LogP contribution in [0.15, 0.2) is 0 Å². The van der Waals surface area contributed by atoms with Crippen LogP contribution in [-0.2, 0) is 28.6 Å². The number of hydrogen-bond acceptors (Lipinski definition) is 6. The topological polar surface area (TPSA) is 86.7 Å². The van der Waals surface area contributed by atoms with E-state index >= 15 is 0 Å². The lowest BCUT2D eigenvalue weighted by molar-refractivity contribution is -0.109. The molecule has 0 bridgehead atoms. The first-order valence-electron chi connectivity index (χ1n) is 5.51. The molecular formula is C8H12F6O6S2. The summed E-state index contributed by atoms with van der Waals surface area (Å²) in [5.74, 6) is -4.86. The van der Waals surface area contributed by atoms with Gasteiger partial charge in [0.25, 0.3) is 20.2 Å². The first-order valence-corrected chi connectivity index (χ1v) is 8.66. The minimum Gasteiger partial charge on any atom is -0.237 e. The molecular weight excluding hydrogens is 370 g/mol. The molecule has 0 fully saturated rings. The van der Waals surface area contributed by atoms with Gasteiger partial charge in [0.1, 0.15) is 0 Å². The molecule has 0 aromatic rings. The molecule has 0 spiro atoms. The molecule has 0 saturated heterocycles. The summed E-state index contributed by atoms with van der Waals surface area (Å²) in [6.07, 6.45) is -13.2. The zero-order valence-corrected chi connectivity index (χ0v) is 12.6. The number of halogens is 6. The third kappa shape index (κ3) is 11.0. The summed E-state index contributed by atoms with van der Waals surface area (Å²) in [7, 11) is -10.5. The average Bonchev–Trinajstić information content (AvgIpc) is 2.06. The van der Waals surface area contributed by atoms with E-state index in [1.165, 1.54) is 6.92 Å². The third-order valence-corrected chi connectivity index (χ3v) is 4.09. The van der Waals surface area contributed by atoms with Crippen LogP contribution < -0.4 is 0 Å². The predicted molar refractivity (Wildman–Crippen MR) is 60.5 cm³/mol. The van der Waals surface area contributed by atoms with E-state index in [4.69, 9.17) is 0 Å². The van der Waals surface area contributed by atoms with E-state index < -0.39 is 56.8 Å². The molecule has 0 rings (SSSR count). The van der Waals surface area contributed by atoms with E-state index in [1.54, 1.807) is 0 Å². The molecule has 0 N–H and O–H groups in total. The Hall–Kier alpha value is -0.600. The minimum absolute atomic E-state index is 0.0201. The molecule has 0 saturated carbocycles. The Morgan fingerprint density at radius 3 is 1.36 bits per heavy atom. The minimum atomic E-state index is -5.27. The molecule has 14 heteroatoms. The summed E-state index contributed by atoms with van der Waals surface area (Å²) in [5.41, 5.74) is 0. The maximum absolute atomic E-state index is 12.0. The van der Waals surface area contributed by atoms with Crippen LogP contribution in [0, 0.1) is 0 Å². The van der Waals surface area contributed by atoms with E-state index in [1.807, 2.05) is 0 Å². The van der Waals surface area contributed by atoms with Crippen molar-refractivity contribution in [2.24, 2.45) is 0 Å². The van der Waals surface area contributed by atoms with Gasteiger partial charge in [-0.1, -0.05) is 13.3 Å². The maximum atomic E-state index is 12.0. The van der Waals surface area contributed by atoms with Crippen LogP contribution in [0.5, 0.6) is 0 Å². The maximum Gasteiger partial charge on any atom is 0.405 e. The van der Waals surface area contributed by atoms with Gasteiger partial charge in [0.2, 0.25) is 0 Å². The van der Waals surface area contributed by atoms with Crippen LogP contribution in [0.4, 0.5) is 26.3 Å². The van der Waals surface area contributed by atoms with Crippen molar-refractivity contribution in [1.29, 1.82) is 0 Å². The second kappa shape index (κ2) is 7.31. The van der Waals surface area contributed by atoms with Gasteiger partial charge < -0.3 is 0 Å². The van der Waals surface area contributed by atoms with E-state index in [0.29, 0.717) is 0 Å². The Morgan fingerprint density at radius 2 is 1.14 bits per heavy atom. The zero-order chi connectivity index (χ0) is 17.8. The van der Waals surface area contributed by atoms with E-state index in [2.05, 4.69) is 8.37 Å². The van der Waals surface area contributed by atoms with Crippen molar-refractivity contribution >= 4 is 20.2 Å². The lowest BCUT2D eigenvalue weighted by atomic mass is 10.3.